The van der Waals surface area contributed by atoms with Gasteiger partial charge in [0, 0.05) is 19.0 Å². The highest BCUT2D eigenvalue weighted by Gasteiger charge is 2.34. The SMILES string of the molecule is CC(C)(C)C1CCCCC1NC(=O)CCN. The minimum absolute atomic E-state index is 0.114. The van der Waals surface area contributed by atoms with Crippen LogP contribution >= 0.6 is 0 Å². The lowest BCUT2D eigenvalue weighted by atomic mass is 9.69. The fraction of sp³-hybridized carbons (Fsp3) is 0.923. The summed E-state index contributed by atoms with van der Waals surface area (Å²) in [4.78, 5) is 11.6. The van der Waals surface area contributed by atoms with E-state index in [9.17, 15) is 4.79 Å². The van der Waals surface area contributed by atoms with Crippen LogP contribution in [0.5, 0.6) is 0 Å². The molecule has 2 unspecified atom stereocenters. The number of rotatable bonds is 3. The van der Waals surface area contributed by atoms with Crippen molar-refractivity contribution >= 4 is 5.91 Å². The quantitative estimate of drug-likeness (QED) is 0.774. The number of amides is 1. The Bertz CT molecular complexity index is 233. The lowest BCUT2D eigenvalue weighted by Gasteiger charge is -2.40. The van der Waals surface area contributed by atoms with Gasteiger partial charge in [-0.15, -0.1) is 0 Å². The first-order chi connectivity index (χ1) is 7.45. The van der Waals surface area contributed by atoms with Gasteiger partial charge in [0.1, 0.15) is 0 Å². The Hall–Kier alpha value is -0.570. The standard InChI is InChI=1S/C13H26N2O/c1-13(2,3)10-6-4-5-7-11(10)15-12(16)8-9-14/h10-11H,4-9,14H2,1-3H3,(H,15,16). The molecule has 3 heteroatoms. The Balaban J connectivity index is 2.57. The van der Waals surface area contributed by atoms with Gasteiger partial charge in [-0.2, -0.15) is 0 Å². The number of carbonyl (C=O) groups is 1. The number of hydrogen-bond donors (Lipinski definition) is 2. The number of carbonyl (C=O) groups excluding carboxylic acids is 1. The molecule has 2 atom stereocenters. The van der Waals surface area contributed by atoms with Crippen molar-refractivity contribution < 1.29 is 4.79 Å². The second-order valence-corrected chi connectivity index (χ2v) is 5.97. The predicted octanol–water partition coefficient (Wildman–Crippen LogP) is 2.06. The maximum atomic E-state index is 11.6. The van der Waals surface area contributed by atoms with E-state index < -0.39 is 0 Å². The zero-order valence-corrected chi connectivity index (χ0v) is 10.9. The molecule has 0 spiro atoms. The van der Waals surface area contributed by atoms with Crippen LogP contribution < -0.4 is 11.1 Å². The smallest absolute Gasteiger partial charge is 0.221 e. The van der Waals surface area contributed by atoms with Gasteiger partial charge in [-0.05, 0) is 24.2 Å². The molecule has 3 N–H and O–H groups in total. The zero-order chi connectivity index (χ0) is 12.2. The number of nitrogens with two attached hydrogens (primary N) is 1. The summed E-state index contributed by atoms with van der Waals surface area (Å²) in [5, 5.41) is 3.16. The topological polar surface area (TPSA) is 55.1 Å². The molecule has 0 aromatic heterocycles. The molecule has 0 radical (unpaired) electrons. The lowest BCUT2D eigenvalue weighted by Crippen LogP contribution is -2.47. The Morgan fingerprint density at radius 1 is 1.31 bits per heavy atom. The van der Waals surface area contributed by atoms with Crippen molar-refractivity contribution in [2.45, 2.75) is 58.9 Å². The summed E-state index contributed by atoms with van der Waals surface area (Å²) in [6.07, 6.45) is 5.34. The molecule has 0 aliphatic heterocycles. The molecule has 3 nitrogen and oxygen atoms in total. The van der Waals surface area contributed by atoms with Crippen LogP contribution in [0.15, 0.2) is 0 Å². The third-order valence-electron chi connectivity index (χ3n) is 3.60. The van der Waals surface area contributed by atoms with Crippen molar-refractivity contribution in [3.8, 4) is 0 Å². The average Bonchev–Trinajstić information content (AvgIpc) is 2.17. The first-order valence-electron chi connectivity index (χ1n) is 6.44. The van der Waals surface area contributed by atoms with Gasteiger partial charge in [-0.1, -0.05) is 33.6 Å². The van der Waals surface area contributed by atoms with Gasteiger partial charge in [-0.3, -0.25) is 4.79 Å². The van der Waals surface area contributed by atoms with Crippen molar-refractivity contribution in [3.63, 3.8) is 0 Å². The summed E-state index contributed by atoms with van der Waals surface area (Å²) in [6, 6.07) is 0.354. The highest BCUT2D eigenvalue weighted by Crippen LogP contribution is 2.37. The summed E-state index contributed by atoms with van der Waals surface area (Å²) < 4.78 is 0. The van der Waals surface area contributed by atoms with Gasteiger partial charge in [0.2, 0.25) is 5.91 Å². The summed E-state index contributed by atoms with van der Waals surface area (Å²) in [5.74, 6) is 0.714. The number of hydrogen-bond acceptors (Lipinski definition) is 2. The van der Waals surface area contributed by atoms with Crippen LogP contribution in [-0.4, -0.2) is 18.5 Å². The molecule has 1 aliphatic carbocycles. The summed E-state index contributed by atoms with van der Waals surface area (Å²) in [7, 11) is 0. The molecule has 94 valence electrons. The fourth-order valence-corrected chi connectivity index (χ4v) is 2.75. The van der Waals surface area contributed by atoms with Gasteiger partial charge in [-0.25, -0.2) is 0 Å². The summed E-state index contributed by atoms with van der Waals surface area (Å²) in [6.45, 7) is 7.25. The second kappa shape index (κ2) is 5.67. The van der Waals surface area contributed by atoms with Crippen molar-refractivity contribution in [2.24, 2.45) is 17.1 Å². The molecule has 1 amide bonds. The molecule has 0 bridgehead atoms. The molecule has 1 saturated carbocycles. The van der Waals surface area contributed by atoms with Crippen LogP contribution in [0, 0.1) is 11.3 Å². The molecule has 0 heterocycles. The van der Waals surface area contributed by atoms with Crippen LogP contribution in [-0.2, 0) is 4.79 Å². The molecule has 1 aliphatic rings. The minimum atomic E-state index is 0.114. The molecular formula is C13H26N2O. The normalized spacial score (nSPS) is 26.5. The van der Waals surface area contributed by atoms with Crippen LogP contribution in [0.3, 0.4) is 0 Å². The third-order valence-corrected chi connectivity index (χ3v) is 3.60. The molecule has 0 aromatic rings. The third kappa shape index (κ3) is 3.78. The molecule has 0 saturated heterocycles. The Labute approximate surface area is 99.2 Å². The molecular weight excluding hydrogens is 200 g/mol. The van der Waals surface area contributed by atoms with Gasteiger partial charge in [0.25, 0.3) is 0 Å². The lowest BCUT2D eigenvalue weighted by molar-refractivity contribution is -0.122. The monoisotopic (exact) mass is 226 g/mol. The van der Waals surface area contributed by atoms with Gasteiger partial charge in [0.05, 0.1) is 0 Å². The Kier molecular flexibility index (Phi) is 4.78. The van der Waals surface area contributed by atoms with E-state index in [0.29, 0.717) is 24.9 Å². The van der Waals surface area contributed by atoms with Crippen molar-refractivity contribution in [1.29, 1.82) is 0 Å². The fourth-order valence-electron chi connectivity index (χ4n) is 2.75. The van der Waals surface area contributed by atoms with Crippen molar-refractivity contribution in [3.05, 3.63) is 0 Å². The Morgan fingerprint density at radius 3 is 2.50 bits per heavy atom. The maximum absolute atomic E-state index is 11.6. The molecule has 0 aromatic carbocycles. The van der Waals surface area contributed by atoms with E-state index >= 15 is 0 Å². The van der Waals surface area contributed by atoms with E-state index in [0.717, 1.165) is 6.42 Å². The van der Waals surface area contributed by atoms with Crippen molar-refractivity contribution in [1.82, 2.24) is 5.32 Å². The summed E-state index contributed by atoms with van der Waals surface area (Å²) >= 11 is 0. The maximum Gasteiger partial charge on any atom is 0.221 e. The van der Waals surface area contributed by atoms with Gasteiger partial charge >= 0.3 is 0 Å². The van der Waals surface area contributed by atoms with Gasteiger partial charge in [0.15, 0.2) is 0 Å². The predicted molar refractivity (Wildman–Crippen MR) is 67.0 cm³/mol. The highest BCUT2D eigenvalue weighted by atomic mass is 16.1. The average molecular weight is 226 g/mol. The highest BCUT2D eigenvalue weighted by molar-refractivity contribution is 5.76. The van der Waals surface area contributed by atoms with Crippen LogP contribution in [0.4, 0.5) is 0 Å². The molecule has 1 rings (SSSR count). The number of nitrogens with one attached hydrogen (secondary N) is 1. The van der Waals surface area contributed by atoms with Gasteiger partial charge < -0.3 is 11.1 Å². The molecule has 1 fully saturated rings. The largest absolute Gasteiger partial charge is 0.353 e. The summed E-state index contributed by atoms with van der Waals surface area (Å²) in [5.41, 5.74) is 5.67. The van der Waals surface area contributed by atoms with E-state index in [1.54, 1.807) is 0 Å². The van der Waals surface area contributed by atoms with Crippen LogP contribution in [0.1, 0.15) is 52.9 Å². The van der Waals surface area contributed by atoms with Crippen LogP contribution in [0.25, 0.3) is 0 Å². The zero-order valence-electron chi connectivity index (χ0n) is 10.9. The van der Waals surface area contributed by atoms with E-state index in [4.69, 9.17) is 5.73 Å². The first-order valence-corrected chi connectivity index (χ1v) is 6.44. The van der Waals surface area contributed by atoms with E-state index in [1.807, 2.05) is 0 Å². The second-order valence-electron chi connectivity index (χ2n) is 5.97. The first kappa shape index (κ1) is 13.5. The van der Waals surface area contributed by atoms with E-state index in [1.165, 1.54) is 19.3 Å². The van der Waals surface area contributed by atoms with Crippen molar-refractivity contribution in [2.75, 3.05) is 6.54 Å². The Morgan fingerprint density at radius 2 is 1.94 bits per heavy atom. The van der Waals surface area contributed by atoms with E-state index in [2.05, 4.69) is 26.1 Å². The minimum Gasteiger partial charge on any atom is -0.353 e. The van der Waals surface area contributed by atoms with Crippen LogP contribution in [0.2, 0.25) is 0 Å². The molecule has 16 heavy (non-hydrogen) atoms. The van der Waals surface area contributed by atoms with E-state index in [-0.39, 0.29) is 11.3 Å².